The number of nitrogens with zero attached hydrogens (tertiary/aromatic N) is 1. The zero-order valence-electron chi connectivity index (χ0n) is 8.79. The van der Waals surface area contributed by atoms with Gasteiger partial charge in [0.25, 0.3) is 0 Å². The van der Waals surface area contributed by atoms with E-state index in [4.69, 9.17) is 21.1 Å². The number of halogens is 2. The van der Waals surface area contributed by atoms with E-state index in [1.165, 1.54) is 0 Å². The van der Waals surface area contributed by atoms with E-state index < -0.39 is 5.67 Å². The van der Waals surface area contributed by atoms with Crippen LogP contribution >= 0.6 is 11.6 Å². The van der Waals surface area contributed by atoms with Crippen molar-refractivity contribution in [1.29, 1.82) is 0 Å². The maximum absolute atomic E-state index is 14.1. The van der Waals surface area contributed by atoms with Gasteiger partial charge in [0.1, 0.15) is 17.3 Å². The number of alkyl halides is 1. The normalized spacial score (nSPS) is 19.4. The van der Waals surface area contributed by atoms with E-state index in [0.29, 0.717) is 31.1 Å². The van der Waals surface area contributed by atoms with Gasteiger partial charge in [0, 0.05) is 32.3 Å². The molecule has 1 aromatic heterocycles. The van der Waals surface area contributed by atoms with Crippen LogP contribution in [0.1, 0.15) is 12.8 Å². The number of pyridine rings is 1. The van der Waals surface area contributed by atoms with Gasteiger partial charge in [0.15, 0.2) is 0 Å². The molecule has 3 nitrogen and oxygen atoms in total. The van der Waals surface area contributed by atoms with Gasteiger partial charge in [-0.2, -0.15) is 0 Å². The third-order valence-corrected chi connectivity index (χ3v) is 2.87. The Balaban J connectivity index is 1.94. The van der Waals surface area contributed by atoms with E-state index in [0.717, 1.165) is 0 Å². The SMILES string of the molecule is FC1(COc2ncccc2Cl)CCOCC1. The first-order valence-electron chi connectivity index (χ1n) is 5.20. The molecule has 2 heterocycles. The molecule has 0 spiro atoms. The summed E-state index contributed by atoms with van der Waals surface area (Å²) in [6.07, 6.45) is 2.28. The first-order valence-corrected chi connectivity index (χ1v) is 5.57. The Bertz CT molecular complexity index is 356. The summed E-state index contributed by atoms with van der Waals surface area (Å²) in [5.74, 6) is 0.285. The van der Waals surface area contributed by atoms with Gasteiger partial charge in [-0.05, 0) is 12.1 Å². The average Bonchev–Trinajstić information content (AvgIpc) is 2.29. The van der Waals surface area contributed by atoms with E-state index in [9.17, 15) is 4.39 Å². The first-order chi connectivity index (χ1) is 7.70. The van der Waals surface area contributed by atoms with E-state index in [-0.39, 0.29) is 12.5 Å². The van der Waals surface area contributed by atoms with Gasteiger partial charge in [-0.15, -0.1) is 0 Å². The Morgan fingerprint density at radius 3 is 2.94 bits per heavy atom. The Morgan fingerprint density at radius 1 is 1.50 bits per heavy atom. The van der Waals surface area contributed by atoms with Crippen LogP contribution in [0.3, 0.4) is 0 Å². The van der Waals surface area contributed by atoms with Crippen molar-refractivity contribution >= 4 is 11.6 Å². The fraction of sp³-hybridized carbons (Fsp3) is 0.545. The maximum atomic E-state index is 14.1. The Morgan fingerprint density at radius 2 is 2.25 bits per heavy atom. The number of aromatic nitrogens is 1. The molecule has 88 valence electrons. The molecule has 1 aromatic rings. The smallest absolute Gasteiger partial charge is 0.232 e. The third kappa shape index (κ3) is 2.83. The summed E-state index contributed by atoms with van der Waals surface area (Å²) in [6, 6.07) is 3.37. The summed E-state index contributed by atoms with van der Waals surface area (Å²) >= 11 is 5.85. The number of hydrogen-bond acceptors (Lipinski definition) is 3. The summed E-state index contributed by atoms with van der Waals surface area (Å²) in [6.45, 7) is 0.860. The van der Waals surface area contributed by atoms with Gasteiger partial charge in [-0.25, -0.2) is 9.37 Å². The van der Waals surface area contributed by atoms with Crippen molar-refractivity contribution in [3.8, 4) is 5.88 Å². The summed E-state index contributed by atoms with van der Waals surface area (Å²) in [5, 5.41) is 0.401. The molecule has 0 N–H and O–H groups in total. The predicted octanol–water partition coefficient (Wildman–Crippen LogP) is 2.63. The molecule has 1 fully saturated rings. The molecule has 0 bridgehead atoms. The largest absolute Gasteiger partial charge is 0.473 e. The van der Waals surface area contributed by atoms with Crippen molar-refractivity contribution in [2.75, 3.05) is 19.8 Å². The highest BCUT2D eigenvalue weighted by Gasteiger charge is 2.33. The topological polar surface area (TPSA) is 31.4 Å². The summed E-state index contributed by atoms with van der Waals surface area (Å²) < 4.78 is 24.5. The van der Waals surface area contributed by atoms with Crippen LogP contribution in [0.25, 0.3) is 0 Å². The molecule has 0 unspecified atom stereocenters. The molecule has 0 radical (unpaired) electrons. The standard InChI is InChI=1S/C11H13ClFNO2/c12-9-2-1-5-14-10(9)16-8-11(13)3-6-15-7-4-11/h1-2,5H,3-4,6-8H2. The van der Waals surface area contributed by atoms with Gasteiger partial charge in [-0.1, -0.05) is 11.6 Å². The minimum Gasteiger partial charge on any atom is -0.473 e. The molecule has 1 saturated heterocycles. The lowest BCUT2D eigenvalue weighted by atomic mass is 9.98. The molecule has 1 aliphatic heterocycles. The lowest BCUT2D eigenvalue weighted by molar-refractivity contribution is -0.0330. The van der Waals surface area contributed by atoms with Crippen molar-refractivity contribution in [2.24, 2.45) is 0 Å². The number of ether oxygens (including phenoxy) is 2. The summed E-state index contributed by atoms with van der Waals surface area (Å²) in [5.41, 5.74) is -1.32. The minimum absolute atomic E-state index is 0.0207. The van der Waals surface area contributed by atoms with Crippen molar-refractivity contribution in [3.63, 3.8) is 0 Å². The van der Waals surface area contributed by atoms with Crippen molar-refractivity contribution in [3.05, 3.63) is 23.4 Å². The molecule has 0 atom stereocenters. The van der Waals surface area contributed by atoms with Crippen LogP contribution < -0.4 is 4.74 Å². The Labute approximate surface area is 98.5 Å². The number of rotatable bonds is 3. The highest BCUT2D eigenvalue weighted by molar-refractivity contribution is 6.31. The molecular weight excluding hydrogens is 233 g/mol. The highest BCUT2D eigenvalue weighted by atomic mass is 35.5. The lowest BCUT2D eigenvalue weighted by Crippen LogP contribution is -2.37. The number of hydrogen-bond donors (Lipinski definition) is 0. The fourth-order valence-corrected chi connectivity index (χ4v) is 1.73. The van der Waals surface area contributed by atoms with Crippen LogP contribution in [0.4, 0.5) is 4.39 Å². The predicted molar refractivity (Wildman–Crippen MR) is 58.6 cm³/mol. The molecule has 5 heteroatoms. The molecule has 16 heavy (non-hydrogen) atoms. The second-order valence-electron chi connectivity index (χ2n) is 3.84. The zero-order chi connectivity index (χ0) is 11.4. The van der Waals surface area contributed by atoms with Crippen molar-refractivity contribution < 1.29 is 13.9 Å². The minimum atomic E-state index is -1.32. The van der Waals surface area contributed by atoms with Gasteiger partial charge >= 0.3 is 0 Å². The molecule has 0 aromatic carbocycles. The van der Waals surface area contributed by atoms with Gasteiger partial charge < -0.3 is 9.47 Å². The van der Waals surface area contributed by atoms with Crippen LogP contribution in [0.2, 0.25) is 5.02 Å². The molecular formula is C11H13ClFNO2. The summed E-state index contributed by atoms with van der Waals surface area (Å²) in [4.78, 5) is 3.94. The maximum Gasteiger partial charge on any atom is 0.232 e. The van der Waals surface area contributed by atoms with E-state index in [2.05, 4.69) is 4.98 Å². The molecule has 0 aliphatic carbocycles. The first kappa shape index (κ1) is 11.6. The zero-order valence-corrected chi connectivity index (χ0v) is 9.54. The van der Waals surface area contributed by atoms with E-state index >= 15 is 0 Å². The highest BCUT2D eigenvalue weighted by Crippen LogP contribution is 2.27. The average molecular weight is 246 g/mol. The lowest BCUT2D eigenvalue weighted by Gasteiger charge is -2.29. The van der Waals surface area contributed by atoms with Gasteiger partial charge in [0.05, 0.1) is 0 Å². The third-order valence-electron chi connectivity index (χ3n) is 2.58. The molecule has 0 amide bonds. The molecule has 1 aliphatic rings. The van der Waals surface area contributed by atoms with Crippen molar-refractivity contribution in [1.82, 2.24) is 4.98 Å². The second kappa shape index (κ2) is 4.97. The fourth-order valence-electron chi connectivity index (χ4n) is 1.56. The van der Waals surface area contributed by atoms with Crippen LogP contribution in [0, 0.1) is 0 Å². The van der Waals surface area contributed by atoms with Crippen LogP contribution in [-0.2, 0) is 4.74 Å². The second-order valence-corrected chi connectivity index (χ2v) is 4.25. The quantitative estimate of drug-likeness (QED) is 0.820. The Kier molecular flexibility index (Phi) is 3.61. The molecule has 2 rings (SSSR count). The summed E-state index contributed by atoms with van der Waals surface area (Å²) in [7, 11) is 0. The monoisotopic (exact) mass is 245 g/mol. The van der Waals surface area contributed by atoms with Crippen LogP contribution in [0.5, 0.6) is 5.88 Å². The van der Waals surface area contributed by atoms with Crippen LogP contribution in [0.15, 0.2) is 18.3 Å². The van der Waals surface area contributed by atoms with E-state index in [1.807, 2.05) is 0 Å². The van der Waals surface area contributed by atoms with Gasteiger partial charge in [0.2, 0.25) is 5.88 Å². The van der Waals surface area contributed by atoms with Crippen LogP contribution in [-0.4, -0.2) is 30.5 Å². The Hall–Kier alpha value is -0.870. The molecule has 0 saturated carbocycles. The van der Waals surface area contributed by atoms with E-state index in [1.54, 1.807) is 18.3 Å². The van der Waals surface area contributed by atoms with Crippen molar-refractivity contribution in [2.45, 2.75) is 18.5 Å². The van der Waals surface area contributed by atoms with Gasteiger partial charge in [-0.3, -0.25) is 0 Å².